The number of ketones is 1. The molecule has 5 nitrogen and oxygen atoms in total. The molecule has 0 radical (unpaired) electrons. The monoisotopic (exact) mass is 321 g/mol. The van der Waals surface area contributed by atoms with Crippen molar-refractivity contribution in [2.24, 2.45) is 4.99 Å². The second kappa shape index (κ2) is 7.42. The van der Waals surface area contributed by atoms with E-state index in [1.165, 1.54) is 6.92 Å². The van der Waals surface area contributed by atoms with Crippen LogP contribution in [-0.2, 0) is 15.2 Å². The lowest BCUT2D eigenvalue weighted by Gasteiger charge is -2.24. The van der Waals surface area contributed by atoms with Gasteiger partial charge in [-0.3, -0.25) is 9.59 Å². The molecule has 0 saturated heterocycles. The largest absolute Gasteiger partial charge is 0.373 e. The van der Waals surface area contributed by atoms with Gasteiger partial charge in [-0.15, -0.1) is 4.99 Å². The minimum Gasteiger partial charge on any atom is -0.373 e. The fourth-order valence-corrected chi connectivity index (χ4v) is 2.29. The highest BCUT2D eigenvalue weighted by atomic mass is 16.3. The molecule has 0 aromatic heterocycles. The van der Waals surface area contributed by atoms with E-state index in [9.17, 15) is 19.5 Å². The van der Waals surface area contributed by atoms with Gasteiger partial charge in [-0.25, -0.2) is 4.79 Å². The van der Waals surface area contributed by atoms with Crippen LogP contribution in [0.5, 0.6) is 0 Å². The fraction of sp³-hybridized carbons (Fsp3) is 0.105. The van der Waals surface area contributed by atoms with E-state index in [2.05, 4.69) is 4.99 Å². The summed E-state index contributed by atoms with van der Waals surface area (Å²) in [6.07, 6.45) is 2.26. The van der Waals surface area contributed by atoms with Crippen LogP contribution in [0.4, 0.5) is 0 Å². The third-order valence-electron chi connectivity index (χ3n) is 3.51. The Balaban J connectivity index is 2.59. The first kappa shape index (κ1) is 17.2. The molecule has 0 bridgehead atoms. The number of isocyanates is 1. The van der Waals surface area contributed by atoms with Gasteiger partial charge in [-0.05, 0) is 18.6 Å². The molecule has 1 unspecified atom stereocenters. The second-order valence-corrected chi connectivity index (χ2v) is 5.16. The van der Waals surface area contributed by atoms with Gasteiger partial charge in [0.05, 0.1) is 0 Å². The number of amides is 1. The first-order valence-electron chi connectivity index (χ1n) is 7.18. The number of hydrogen-bond donors (Lipinski definition) is 1. The van der Waals surface area contributed by atoms with E-state index in [-0.39, 0.29) is 5.57 Å². The summed E-state index contributed by atoms with van der Waals surface area (Å²) in [6.45, 7) is 1.37. The highest BCUT2D eigenvalue weighted by Gasteiger charge is 2.37. The summed E-state index contributed by atoms with van der Waals surface area (Å²) in [5.74, 6) is -1.45. The minimum atomic E-state index is -2.05. The van der Waals surface area contributed by atoms with Gasteiger partial charge in [0.1, 0.15) is 0 Å². The lowest BCUT2D eigenvalue weighted by molar-refractivity contribution is -0.114. The molecule has 0 saturated carbocycles. The summed E-state index contributed by atoms with van der Waals surface area (Å²) < 4.78 is 0. The average Bonchev–Trinajstić information content (AvgIpc) is 2.62. The number of Topliss-reactive ketones (excluding diaryl/α,β-unsaturated/α-hetero) is 1. The van der Waals surface area contributed by atoms with Crippen LogP contribution in [0, 0.1) is 0 Å². The Morgan fingerprint density at radius 2 is 1.58 bits per heavy atom. The smallest absolute Gasteiger partial charge is 0.283 e. The summed E-state index contributed by atoms with van der Waals surface area (Å²) >= 11 is 0. The Morgan fingerprint density at radius 1 is 1.04 bits per heavy atom. The molecule has 0 heterocycles. The zero-order chi connectivity index (χ0) is 17.6. The van der Waals surface area contributed by atoms with Crippen molar-refractivity contribution >= 4 is 17.8 Å². The predicted octanol–water partition coefficient (Wildman–Crippen LogP) is 2.57. The van der Waals surface area contributed by atoms with E-state index >= 15 is 0 Å². The lowest BCUT2D eigenvalue weighted by Crippen LogP contribution is -2.34. The van der Waals surface area contributed by atoms with Crippen molar-refractivity contribution in [3.8, 4) is 0 Å². The van der Waals surface area contributed by atoms with Crippen molar-refractivity contribution in [1.82, 2.24) is 0 Å². The van der Waals surface area contributed by atoms with Gasteiger partial charge in [-0.1, -0.05) is 60.7 Å². The van der Waals surface area contributed by atoms with E-state index < -0.39 is 17.3 Å². The summed E-state index contributed by atoms with van der Waals surface area (Å²) in [6, 6.07) is 16.5. The Kier molecular flexibility index (Phi) is 5.32. The van der Waals surface area contributed by atoms with Crippen molar-refractivity contribution in [2.75, 3.05) is 0 Å². The molecule has 5 heteroatoms. The third-order valence-corrected chi connectivity index (χ3v) is 3.51. The lowest BCUT2D eigenvalue weighted by atomic mass is 9.84. The maximum Gasteiger partial charge on any atom is 0.283 e. The van der Waals surface area contributed by atoms with Gasteiger partial charge in [0, 0.05) is 11.1 Å². The number of nitrogens with zero attached hydrogens (tertiary/aromatic N) is 1. The SMILES string of the molecule is CC(=CC(O)(C(=O)c1ccccc1)c1ccccc1)C(=O)N=C=O. The second-order valence-electron chi connectivity index (χ2n) is 5.16. The van der Waals surface area contributed by atoms with Gasteiger partial charge < -0.3 is 5.11 Å². The molecule has 1 amide bonds. The average molecular weight is 321 g/mol. The first-order valence-corrected chi connectivity index (χ1v) is 7.18. The zero-order valence-corrected chi connectivity index (χ0v) is 13.0. The van der Waals surface area contributed by atoms with Gasteiger partial charge >= 0.3 is 0 Å². The van der Waals surface area contributed by atoms with Crippen LogP contribution in [0.15, 0.2) is 77.3 Å². The minimum absolute atomic E-state index is 0.0333. The Hall–Kier alpha value is -3.14. The van der Waals surface area contributed by atoms with Crippen LogP contribution < -0.4 is 0 Å². The van der Waals surface area contributed by atoms with Crippen molar-refractivity contribution < 1.29 is 19.5 Å². The van der Waals surface area contributed by atoms with Crippen LogP contribution >= 0.6 is 0 Å². The first-order chi connectivity index (χ1) is 11.5. The number of aliphatic hydroxyl groups is 1. The van der Waals surface area contributed by atoms with Crippen LogP contribution in [-0.4, -0.2) is 22.9 Å². The van der Waals surface area contributed by atoms with E-state index in [1.807, 2.05) is 0 Å². The van der Waals surface area contributed by atoms with Crippen LogP contribution in [0.3, 0.4) is 0 Å². The van der Waals surface area contributed by atoms with E-state index in [0.29, 0.717) is 11.1 Å². The van der Waals surface area contributed by atoms with E-state index in [4.69, 9.17) is 0 Å². The quantitative estimate of drug-likeness (QED) is 0.397. The van der Waals surface area contributed by atoms with Crippen molar-refractivity contribution in [2.45, 2.75) is 12.5 Å². The summed E-state index contributed by atoms with van der Waals surface area (Å²) in [4.78, 5) is 37.8. The van der Waals surface area contributed by atoms with Crippen LogP contribution in [0.2, 0.25) is 0 Å². The van der Waals surface area contributed by atoms with Gasteiger partial charge in [0.2, 0.25) is 11.9 Å². The van der Waals surface area contributed by atoms with E-state index in [1.54, 1.807) is 60.7 Å². The molecule has 0 aliphatic carbocycles. The Labute approximate surface area is 139 Å². The Morgan fingerprint density at radius 3 is 2.12 bits per heavy atom. The number of benzene rings is 2. The molecular formula is C19H15NO4. The molecule has 0 aliphatic heterocycles. The topological polar surface area (TPSA) is 83.8 Å². The highest BCUT2D eigenvalue weighted by Crippen LogP contribution is 2.29. The predicted molar refractivity (Wildman–Crippen MR) is 88.0 cm³/mol. The molecule has 1 N–H and O–H groups in total. The highest BCUT2D eigenvalue weighted by molar-refractivity contribution is 6.06. The molecule has 0 spiro atoms. The zero-order valence-electron chi connectivity index (χ0n) is 13.0. The maximum absolute atomic E-state index is 12.9. The summed E-state index contributed by atoms with van der Waals surface area (Å²) in [5.41, 5.74) is -1.49. The fourth-order valence-electron chi connectivity index (χ4n) is 2.29. The number of hydrogen-bond acceptors (Lipinski definition) is 4. The summed E-state index contributed by atoms with van der Waals surface area (Å²) in [5, 5.41) is 11.1. The summed E-state index contributed by atoms with van der Waals surface area (Å²) in [7, 11) is 0. The molecule has 120 valence electrons. The van der Waals surface area contributed by atoms with E-state index in [0.717, 1.165) is 12.2 Å². The van der Waals surface area contributed by atoms with Crippen molar-refractivity contribution in [3.63, 3.8) is 0 Å². The third kappa shape index (κ3) is 3.60. The molecule has 2 aromatic rings. The Bertz CT molecular complexity index is 821. The number of carbonyl (C=O) groups excluding carboxylic acids is 3. The number of aliphatic imine (C=N–C) groups is 1. The van der Waals surface area contributed by atoms with Crippen molar-refractivity contribution in [3.05, 3.63) is 83.4 Å². The molecule has 0 fully saturated rings. The molecular weight excluding hydrogens is 306 g/mol. The van der Waals surface area contributed by atoms with Gasteiger partial charge in [0.15, 0.2) is 5.60 Å². The molecule has 24 heavy (non-hydrogen) atoms. The number of rotatable bonds is 5. The molecule has 0 aliphatic rings. The standard InChI is InChI=1S/C19H15NO4/c1-14(18(23)20-13-21)12-19(24,16-10-6-3-7-11-16)17(22)15-8-4-2-5-9-15/h2-12,24H,1H3. The van der Waals surface area contributed by atoms with Crippen LogP contribution in [0.1, 0.15) is 22.8 Å². The molecule has 1 atom stereocenters. The molecule has 2 rings (SSSR count). The molecule has 2 aromatic carbocycles. The maximum atomic E-state index is 12.9. The van der Waals surface area contributed by atoms with Crippen LogP contribution in [0.25, 0.3) is 0 Å². The number of carbonyl (C=O) groups is 2. The van der Waals surface area contributed by atoms with Crippen molar-refractivity contribution in [1.29, 1.82) is 0 Å². The van der Waals surface area contributed by atoms with Gasteiger partial charge in [0.25, 0.3) is 5.91 Å². The van der Waals surface area contributed by atoms with Gasteiger partial charge in [-0.2, -0.15) is 0 Å². The normalized spacial score (nSPS) is 13.5.